The predicted octanol–water partition coefficient (Wildman–Crippen LogP) is 4.39. The number of rotatable bonds is 7. The molecule has 106 valence electrons. The van der Waals surface area contributed by atoms with Crippen LogP contribution < -0.4 is 15.2 Å². The minimum atomic E-state index is 0.453. The molecule has 0 saturated heterocycles. The fraction of sp³-hybridized carbons (Fsp3) is 0.385. The van der Waals surface area contributed by atoms with E-state index in [1.807, 2.05) is 19.1 Å². The SMILES string of the molecule is Cc1cc(OCC=C(Br)Br)cc(Cl)c1OCCCN. The molecule has 0 saturated carbocycles. The molecule has 6 heteroatoms. The van der Waals surface area contributed by atoms with Gasteiger partial charge < -0.3 is 15.2 Å². The average molecular weight is 414 g/mol. The summed E-state index contributed by atoms with van der Waals surface area (Å²) in [5, 5.41) is 0.550. The standard InChI is InChI=1S/C13H16Br2ClNO2/c1-9-7-10(18-6-3-12(14)15)8-11(16)13(9)19-5-2-4-17/h3,7-8H,2,4-6,17H2,1H3. The molecule has 0 unspecified atom stereocenters. The third-order valence-electron chi connectivity index (χ3n) is 2.29. The molecule has 0 fully saturated rings. The van der Waals surface area contributed by atoms with Crippen LogP contribution in [0.3, 0.4) is 0 Å². The molecular weight excluding hydrogens is 397 g/mol. The Labute approximate surface area is 135 Å². The van der Waals surface area contributed by atoms with Crippen molar-refractivity contribution in [2.75, 3.05) is 19.8 Å². The first kappa shape index (κ1) is 16.8. The van der Waals surface area contributed by atoms with Crippen LogP contribution in [0.25, 0.3) is 0 Å². The lowest BCUT2D eigenvalue weighted by atomic mass is 10.2. The molecule has 0 aromatic heterocycles. The zero-order chi connectivity index (χ0) is 14.3. The van der Waals surface area contributed by atoms with Gasteiger partial charge in [-0.2, -0.15) is 0 Å². The van der Waals surface area contributed by atoms with E-state index >= 15 is 0 Å². The molecule has 0 spiro atoms. The van der Waals surface area contributed by atoms with Crippen LogP contribution in [0.5, 0.6) is 11.5 Å². The smallest absolute Gasteiger partial charge is 0.141 e. The van der Waals surface area contributed by atoms with Crippen LogP contribution in [-0.4, -0.2) is 19.8 Å². The number of benzene rings is 1. The molecule has 19 heavy (non-hydrogen) atoms. The minimum absolute atomic E-state index is 0.453. The van der Waals surface area contributed by atoms with Gasteiger partial charge in [-0.25, -0.2) is 0 Å². The van der Waals surface area contributed by atoms with Gasteiger partial charge >= 0.3 is 0 Å². The van der Waals surface area contributed by atoms with Crippen LogP contribution in [0, 0.1) is 6.92 Å². The van der Waals surface area contributed by atoms with E-state index in [1.165, 1.54) is 0 Å². The van der Waals surface area contributed by atoms with Crippen LogP contribution in [0.1, 0.15) is 12.0 Å². The molecule has 0 atom stereocenters. The fourth-order valence-electron chi connectivity index (χ4n) is 1.42. The summed E-state index contributed by atoms with van der Waals surface area (Å²) in [6.45, 7) is 3.56. The van der Waals surface area contributed by atoms with Crippen molar-refractivity contribution >= 4 is 43.5 Å². The summed E-state index contributed by atoms with van der Waals surface area (Å²) in [7, 11) is 0. The lowest BCUT2D eigenvalue weighted by Gasteiger charge is -2.13. The first-order valence-electron chi connectivity index (χ1n) is 5.81. The van der Waals surface area contributed by atoms with E-state index in [9.17, 15) is 0 Å². The van der Waals surface area contributed by atoms with E-state index in [4.69, 9.17) is 26.8 Å². The number of hydrogen-bond acceptors (Lipinski definition) is 3. The molecule has 1 rings (SSSR count). The molecule has 0 amide bonds. The summed E-state index contributed by atoms with van der Waals surface area (Å²) >= 11 is 12.7. The number of hydrogen-bond donors (Lipinski definition) is 1. The molecule has 0 aliphatic carbocycles. The maximum absolute atomic E-state index is 6.18. The van der Waals surface area contributed by atoms with Gasteiger partial charge in [-0.3, -0.25) is 0 Å². The summed E-state index contributed by atoms with van der Waals surface area (Å²) < 4.78 is 12.0. The van der Waals surface area contributed by atoms with Gasteiger partial charge in [-0.15, -0.1) is 0 Å². The van der Waals surface area contributed by atoms with E-state index in [2.05, 4.69) is 31.9 Å². The second kappa shape index (κ2) is 8.84. The lowest BCUT2D eigenvalue weighted by Crippen LogP contribution is -2.07. The van der Waals surface area contributed by atoms with Crippen molar-refractivity contribution in [1.29, 1.82) is 0 Å². The van der Waals surface area contributed by atoms with Crippen LogP contribution in [0.15, 0.2) is 21.6 Å². The largest absolute Gasteiger partial charge is 0.492 e. The molecule has 0 heterocycles. The van der Waals surface area contributed by atoms with Gasteiger partial charge in [0.05, 0.1) is 15.0 Å². The predicted molar refractivity (Wildman–Crippen MR) is 86.8 cm³/mol. The maximum atomic E-state index is 6.18. The first-order valence-corrected chi connectivity index (χ1v) is 7.78. The van der Waals surface area contributed by atoms with Crippen molar-refractivity contribution < 1.29 is 9.47 Å². The number of ether oxygens (including phenoxy) is 2. The third-order valence-corrected chi connectivity index (χ3v) is 3.21. The maximum Gasteiger partial charge on any atom is 0.141 e. The quantitative estimate of drug-likeness (QED) is 0.675. The average Bonchev–Trinajstić information content (AvgIpc) is 2.32. The minimum Gasteiger partial charge on any atom is -0.492 e. The van der Waals surface area contributed by atoms with Crippen molar-refractivity contribution in [2.24, 2.45) is 5.73 Å². The molecule has 1 aromatic carbocycles. The van der Waals surface area contributed by atoms with Gasteiger partial charge in [0.1, 0.15) is 18.1 Å². The van der Waals surface area contributed by atoms with Gasteiger partial charge in [-0.05, 0) is 69.5 Å². The topological polar surface area (TPSA) is 44.5 Å². The second-order valence-corrected chi connectivity index (χ2v) is 7.03. The van der Waals surface area contributed by atoms with Gasteiger partial charge in [0, 0.05) is 6.07 Å². The van der Waals surface area contributed by atoms with Crippen molar-refractivity contribution in [2.45, 2.75) is 13.3 Å². The molecular formula is C13H16Br2ClNO2. The van der Waals surface area contributed by atoms with Gasteiger partial charge in [0.2, 0.25) is 0 Å². The van der Waals surface area contributed by atoms with Gasteiger partial charge in [0.25, 0.3) is 0 Å². The highest BCUT2D eigenvalue weighted by Crippen LogP contribution is 2.33. The normalized spacial score (nSPS) is 10.2. The zero-order valence-corrected chi connectivity index (χ0v) is 14.5. The molecule has 0 radical (unpaired) electrons. The van der Waals surface area contributed by atoms with Crippen molar-refractivity contribution in [3.8, 4) is 11.5 Å². The van der Waals surface area contributed by atoms with E-state index in [0.29, 0.717) is 36.3 Å². The first-order chi connectivity index (χ1) is 9.04. The van der Waals surface area contributed by atoms with Crippen LogP contribution in [0.4, 0.5) is 0 Å². The number of nitrogens with two attached hydrogens (primary N) is 1. The Kier molecular flexibility index (Phi) is 7.83. The van der Waals surface area contributed by atoms with E-state index < -0.39 is 0 Å². The Balaban J connectivity index is 2.70. The molecule has 2 N–H and O–H groups in total. The Bertz CT molecular complexity index is 425. The van der Waals surface area contributed by atoms with E-state index in [1.54, 1.807) is 6.07 Å². The summed E-state index contributed by atoms with van der Waals surface area (Å²) in [4.78, 5) is 0. The molecule has 3 nitrogen and oxygen atoms in total. The Morgan fingerprint density at radius 2 is 2.11 bits per heavy atom. The lowest BCUT2D eigenvalue weighted by molar-refractivity contribution is 0.310. The van der Waals surface area contributed by atoms with Crippen molar-refractivity contribution in [1.82, 2.24) is 0 Å². The van der Waals surface area contributed by atoms with Crippen molar-refractivity contribution in [3.63, 3.8) is 0 Å². The van der Waals surface area contributed by atoms with E-state index in [-0.39, 0.29) is 0 Å². The Morgan fingerprint density at radius 3 is 2.68 bits per heavy atom. The van der Waals surface area contributed by atoms with Gasteiger partial charge in [-0.1, -0.05) is 11.6 Å². The zero-order valence-electron chi connectivity index (χ0n) is 10.6. The Hall–Kier alpha value is -0.230. The number of halogens is 3. The molecule has 0 bridgehead atoms. The summed E-state index contributed by atoms with van der Waals surface area (Å²) in [6.07, 6.45) is 2.66. The van der Waals surface area contributed by atoms with Crippen LogP contribution in [-0.2, 0) is 0 Å². The van der Waals surface area contributed by atoms with Gasteiger partial charge in [0.15, 0.2) is 0 Å². The summed E-state index contributed by atoms with van der Waals surface area (Å²) in [6, 6.07) is 3.65. The monoisotopic (exact) mass is 411 g/mol. The molecule has 0 aliphatic heterocycles. The highest BCUT2D eigenvalue weighted by molar-refractivity contribution is 9.28. The fourth-order valence-corrected chi connectivity index (χ4v) is 2.00. The van der Waals surface area contributed by atoms with Crippen molar-refractivity contribution in [3.05, 3.63) is 32.2 Å². The summed E-state index contributed by atoms with van der Waals surface area (Å²) in [5.74, 6) is 1.41. The molecule has 0 aliphatic rings. The highest BCUT2D eigenvalue weighted by Gasteiger charge is 2.08. The van der Waals surface area contributed by atoms with Crippen LogP contribution >= 0.6 is 43.5 Å². The number of aryl methyl sites for hydroxylation is 1. The Morgan fingerprint density at radius 1 is 1.37 bits per heavy atom. The summed E-state index contributed by atoms with van der Waals surface area (Å²) in [5.41, 5.74) is 6.37. The highest BCUT2D eigenvalue weighted by atomic mass is 79.9. The molecule has 1 aromatic rings. The van der Waals surface area contributed by atoms with E-state index in [0.717, 1.165) is 15.4 Å². The third kappa shape index (κ3) is 6.17. The second-order valence-electron chi connectivity index (χ2n) is 3.85. The van der Waals surface area contributed by atoms with Crippen LogP contribution in [0.2, 0.25) is 5.02 Å².